The zero-order chi connectivity index (χ0) is 14.9. The van der Waals surface area contributed by atoms with E-state index in [4.69, 9.17) is 0 Å². The molecule has 6 nitrogen and oxygen atoms in total. The lowest BCUT2D eigenvalue weighted by atomic mass is 10.1. The van der Waals surface area contributed by atoms with Crippen molar-refractivity contribution in [2.24, 2.45) is 0 Å². The fourth-order valence-electron chi connectivity index (χ4n) is 2.94. The summed E-state index contributed by atoms with van der Waals surface area (Å²) in [5, 5.41) is 9.67. The zero-order valence-corrected chi connectivity index (χ0v) is 12.1. The Hall–Kier alpha value is -2.47. The van der Waals surface area contributed by atoms with Gasteiger partial charge in [-0.25, -0.2) is 9.97 Å². The molecule has 0 atom stereocenters. The van der Waals surface area contributed by atoms with E-state index in [1.165, 1.54) is 0 Å². The van der Waals surface area contributed by atoms with E-state index >= 15 is 0 Å². The largest absolute Gasteiger partial charge is 0.393 e. The number of anilines is 1. The molecule has 1 aliphatic rings. The minimum absolute atomic E-state index is 0.192. The lowest BCUT2D eigenvalue weighted by Gasteiger charge is -2.30. The van der Waals surface area contributed by atoms with Gasteiger partial charge in [0.1, 0.15) is 0 Å². The van der Waals surface area contributed by atoms with Gasteiger partial charge in [0.15, 0.2) is 11.5 Å². The first kappa shape index (κ1) is 13.2. The molecule has 0 aromatic carbocycles. The normalized spacial score (nSPS) is 16.3. The van der Waals surface area contributed by atoms with Crippen LogP contribution in [0.2, 0.25) is 0 Å². The van der Waals surface area contributed by atoms with Crippen molar-refractivity contribution >= 4 is 11.5 Å². The maximum atomic E-state index is 9.67. The number of pyridine rings is 1. The quantitative estimate of drug-likeness (QED) is 0.780. The molecule has 0 radical (unpaired) electrons. The first-order chi connectivity index (χ1) is 10.8. The van der Waals surface area contributed by atoms with E-state index in [9.17, 15) is 5.11 Å². The maximum absolute atomic E-state index is 9.67. The van der Waals surface area contributed by atoms with Crippen LogP contribution in [-0.2, 0) is 0 Å². The lowest BCUT2D eigenvalue weighted by molar-refractivity contribution is 0.145. The van der Waals surface area contributed by atoms with Gasteiger partial charge < -0.3 is 10.0 Å². The number of aromatic nitrogens is 4. The summed E-state index contributed by atoms with van der Waals surface area (Å²) in [6, 6.07) is 3.95. The number of fused-ring (bicyclic) bond motifs is 1. The van der Waals surface area contributed by atoms with Gasteiger partial charge in [-0.15, -0.1) is 0 Å². The van der Waals surface area contributed by atoms with E-state index < -0.39 is 0 Å². The molecule has 1 N–H and O–H groups in total. The molecule has 0 aliphatic carbocycles. The van der Waals surface area contributed by atoms with E-state index in [1.54, 1.807) is 18.6 Å². The van der Waals surface area contributed by atoms with Crippen LogP contribution in [-0.4, -0.2) is 43.7 Å². The van der Waals surface area contributed by atoms with Crippen molar-refractivity contribution < 1.29 is 5.11 Å². The van der Waals surface area contributed by atoms with Crippen molar-refractivity contribution in [2.45, 2.75) is 18.9 Å². The van der Waals surface area contributed by atoms with Gasteiger partial charge in [0.25, 0.3) is 0 Å². The fraction of sp³-hybridized carbons (Fsp3) is 0.312. The highest BCUT2D eigenvalue weighted by atomic mass is 16.3. The van der Waals surface area contributed by atoms with Gasteiger partial charge in [-0.05, 0) is 25.0 Å². The third-order valence-corrected chi connectivity index (χ3v) is 4.15. The van der Waals surface area contributed by atoms with Gasteiger partial charge in [0.05, 0.1) is 18.0 Å². The molecule has 0 spiro atoms. The topological polar surface area (TPSA) is 66.5 Å². The Morgan fingerprint density at radius 3 is 2.59 bits per heavy atom. The molecule has 1 fully saturated rings. The second kappa shape index (κ2) is 5.38. The molecule has 1 aliphatic heterocycles. The van der Waals surface area contributed by atoms with Crippen molar-refractivity contribution in [3.8, 4) is 11.3 Å². The van der Waals surface area contributed by atoms with Crippen LogP contribution < -0.4 is 4.90 Å². The third kappa shape index (κ3) is 2.21. The number of piperidine rings is 1. The Labute approximate surface area is 128 Å². The minimum Gasteiger partial charge on any atom is -0.393 e. The van der Waals surface area contributed by atoms with Gasteiger partial charge in [0.2, 0.25) is 0 Å². The highest BCUT2D eigenvalue weighted by Gasteiger charge is 2.21. The fourth-order valence-corrected chi connectivity index (χ4v) is 2.94. The second-order valence-electron chi connectivity index (χ2n) is 5.54. The number of nitrogens with zero attached hydrogens (tertiary/aromatic N) is 5. The van der Waals surface area contributed by atoms with Crippen LogP contribution >= 0.6 is 0 Å². The summed E-state index contributed by atoms with van der Waals surface area (Å²) >= 11 is 0. The monoisotopic (exact) mass is 295 g/mol. The number of rotatable bonds is 2. The van der Waals surface area contributed by atoms with Crippen molar-refractivity contribution in [1.82, 2.24) is 19.4 Å². The molecular weight excluding hydrogens is 278 g/mol. The van der Waals surface area contributed by atoms with Crippen molar-refractivity contribution in [2.75, 3.05) is 18.0 Å². The summed E-state index contributed by atoms with van der Waals surface area (Å²) in [5.74, 6) is 0.884. The first-order valence-corrected chi connectivity index (χ1v) is 7.48. The summed E-state index contributed by atoms with van der Waals surface area (Å²) in [7, 11) is 0. The van der Waals surface area contributed by atoms with Gasteiger partial charge in [0, 0.05) is 43.4 Å². The molecule has 22 heavy (non-hydrogen) atoms. The number of hydrogen-bond acceptors (Lipinski definition) is 5. The van der Waals surface area contributed by atoms with Gasteiger partial charge in [-0.2, -0.15) is 0 Å². The van der Waals surface area contributed by atoms with Crippen LogP contribution in [0.25, 0.3) is 16.9 Å². The van der Waals surface area contributed by atoms with Crippen LogP contribution in [0.15, 0.2) is 43.1 Å². The van der Waals surface area contributed by atoms with Crippen LogP contribution in [0.1, 0.15) is 12.8 Å². The second-order valence-corrected chi connectivity index (χ2v) is 5.54. The standard InChI is InChI=1S/C16H17N5O/c22-13-3-8-20(9-4-13)15-16-19-11-14(21(16)10-7-18-15)12-1-5-17-6-2-12/h1-2,5-7,10-11,13,22H,3-4,8-9H2. The number of hydrogen-bond donors (Lipinski definition) is 1. The highest BCUT2D eigenvalue weighted by molar-refractivity contribution is 5.71. The Kier molecular flexibility index (Phi) is 3.23. The highest BCUT2D eigenvalue weighted by Crippen LogP contribution is 2.26. The summed E-state index contributed by atoms with van der Waals surface area (Å²) in [6.07, 6.45) is 10.5. The SMILES string of the molecule is OC1CCN(c2nccn3c(-c4ccncc4)cnc23)CC1. The first-order valence-electron chi connectivity index (χ1n) is 7.48. The molecule has 6 heteroatoms. The molecule has 0 saturated carbocycles. The van der Waals surface area contributed by atoms with Crippen LogP contribution in [0.3, 0.4) is 0 Å². The van der Waals surface area contributed by atoms with Crippen molar-refractivity contribution in [1.29, 1.82) is 0 Å². The minimum atomic E-state index is -0.192. The van der Waals surface area contributed by atoms with E-state index in [0.29, 0.717) is 0 Å². The maximum Gasteiger partial charge on any atom is 0.180 e. The molecular formula is C16H17N5O. The van der Waals surface area contributed by atoms with Crippen molar-refractivity contribution in [3.63, 3.8) is 0 Å². The molecule has 0 unspecified atom stereocenters. The summed E-state index contributed by atoms with van der Waals surface area (Å²) in [4.78, 5) is 15.3. The molecule has 3 aromatic rings. The number of aliphatic hydroxyl groups is 1. The third-order valence-electron chi connectivity index (χ3n) is 4.15. The number of imidazole rings is 1. The summed E-state index contributed by atoms with van der Waals surface area (Å²) in [5.41, 5.74) is 2.96. The van der Waals surface area contributed by atoms with Crippen LogP contribution in [0, 0.1) is 0 Å². The molecule has 4 rings (SSSR count). The summed E-state index contributed by atoms with van der Waals surface area (Å²) in [6.45, 7) is 1.62. The van der Waals surface area contributed by atoms with E-state index in [1.807, 2.05) is 24.5 Å². The Morgan fingerprint density at radius 1 is 1.05 bits per heavy atom. The van der Waals surface area contributed by atoms with Crippen molar-refractivity contribution in [3.05, 3.63) is 43.1 Å². The lowest BCUT2D eigenvalue weighted by Crippen LogP contribution is -2.36. The molecule has 3 aromatic heterocycles. The van der Waals surface area contributed by atoms with E-state index in [0.717, 1.165) is 48.7 Å². The molecule has 0 amide bonds. The molecule has 0 bridgehead atoms. The van der Waals surface area contributed by atoms with E-state index in [-0.39, 0.29) is 6.10 Å². The van der Waals surface area contributed by atoms with Gasteiger partial charge in [-0.1, -0.05) is 0 Å². The Morgan fingerprint density at radius 2 is 1.82 bits per heavy atom. The molecule has 112 valence electrons. The average molecular weight is 295 g/mol. The predicted octanol–water partition coefficient (Wildman–Crippen LogP) is 1.75. The Balaban J connectivity index is 1.77. The summed E-state index contributed by atoms with van der Waals surface area (Å²) < 4.78 is 2.06. The molecule has 4 heterocycles. The average Bonchev–Trinajstić information content (AvgIpc) is 3.00. The number of aliphatic hydroxyl groups excluding tert-OH is 1. The van der Waals surface area contributed by atoms with Crippen LogP contribution in [0.5, 0.6) is 0 Å². The zero-order valence-electron chi connectivity index (χ0n) is 12.1. The van der Waals surface area contributed by atoms with Gasteiger partial charge in [-0.3, -0.25) is 9.38 Å². The Bertz CT molecular complexity index is 778. The predicted molar refractivity (Wildman–Crippen MR) is 83.7 cm³/mol. The molecule has 1 saturated heterocycles. The van der Waals surface area contributed by atoms with E-state index in [2.05, 4.69) is 24.3 Å². The smallest absolute Gasteiger partial charge is 0.180 e. The van der Waals surface area contributed by atoms with Crippen LogP contribution in [0.4, 0.5) is 5.82 Å². The van der Waals surface area contributed by atoms with Gasteiger partial charge >= 0.3 is 0 Å².